The highest BCUT2D eigenvalue weighted by Gasteiger charge is 2.19. The molecule has 1 amide bonds. The van der Waals surface area contributed by atoms with E-state index in [9.17, 15) is 9.59 Å². The topological polar surface area (TPSA) is 55.4 Å². The standard InChI is InChI=1S/C17H18ClNO3S/c1-3-10-19-16(20)11(2)22-17(21)15-9-8-14(23-15)12-4-6-13(18)7-5-12/h4-9,11H,3,10H2,1-2H3,(H,19,20)/t11-/m0/s1. The summed E-state index contributed by atoms with van der Waals surface area (Å²) in [4.78, 5) is 25.3. The van der Waals surface area contributed by atoms with Gasteiger partial charge in [-0.25, -0.2) is 4.79 Å². The van der Waals surface area contributed by atoms with Crippen LogP contribution in [0.25, 0.3) is 10.4 Å². The lowest BCUT2D eigenvalue weighted by atomic mass is 10.2. The van der Waals surface area contributed by atoms with Crippen LogP contribution in [0.5, 0.6) is 0 Å². The van der Waals surface area contributed by atoms with E-state index in [1.165, 1.54) is 11.3 Å². The van der Waals surface area contributed by atoms with Gasteiger partial charge in [-0.15, -0.1) is 11.3 Å². The molecule has 0 saturated carbocycles. The molecule has 4 nitrogen and oxygen atoms in total. The van der Waals surface area contributed by atoms with Gasteiger partial charge in [-0.05, 0) is 43.2 Å². The van der Waals surface area contributed by atoms with Crippen molar-refractivity contribution in [3.63, 3.8) is 0 Å². The average molecular weight is 352 g/mol. The molecular formula is C17H18ClNO3S. The van der Waals surface area contributed by atoms with Gasteiger partial charge in [0.2, 0.25) is 0 Å². The van der Waals surface area contributed by atoms with Crippen LogP contribution < -0.4 is 5.32 Å². The van der Waals surface area contributed by atoms with Crippen LogP contribution in [0.4, 0.5) is 0 Å². The average Bonchev–Trinajstić information content (AvgIpc) is 3.03. The van der Waals surface area contributed by atoms with E-state index in [-0.39, 0.29) is 5.91 Å². The summed E-state index contributed by atoms with van der Waals surface area (Å²) in [5, 5.41) is 3.36. The summed E-state index contributed by atoms with van der Waals surface area (Å²) >= 11 is 7.19. The van der Waals surface area contributed by atoms with E-state index in [1.807, 2.05) is 25.1 Å². The third kappa shape index (κ3) is 4.81. The van der Waals surface area contributed by atoms with Crippen molar-refractivity contribution in [1.82, 2.24) is 5.32 Å². The van der Waals surface area contributed by atoms with Gasteiger partial charge in [-0.2, -0.15) is 0 Å². The Kier molecular flexibility index (Phi) is 6.19. The molecule has 0 fully saturated rings. The largest absolute Gasteiger partial charge is 0.448 e. The van der Waals surface area contributed by atoms with Gasteiger partial charge < -0.3 is 10.1 Å². The fourth-order valence-electron chi connectivity index (χ4n) is 1.88. The Morgan fingerprint density at radius 2 is 1.91 bits per heavy atom. The summed E-state index contributed by atoms with van der Waals surface area (Å²) in [5.41, 5.74) is 0.979. The second kappa shape index (κ2) is 8.13. The number of ether oxygens (including phenoxy) is 1. The zero-order valence-electron chi connectivity index (χ0n) is 13.0. The van der Waals surface area contributed by atoms with Gasteiger partial charge in [0.1, 0.15) is 4.88 Å². The van der Waals surface area contributed by atoms with Crippen LogP contribution in [0.2, 0.25) is 5.02 Å². The molecule has 1 N–H and O–H groups in total. The monoisotopic (exact) mass is 351 g/mol. The van der Waals surface area contributed by atoms with Gasteiger partial charge in [0.25, 0.3) is 5.91 Å². The number of benzene rings is 1. The summed E-state index contributed by atoms with van der Waals surface area (Å²) in [7, 11) is 0. The Morgan fingerprint density at radius 1 is 1.22 bits per heavy atom. The number of esters is 1. The molecule has 23 heavy (non-hydrogen) atoms. The highest BCUT2D eigenvalue weighted by atomic mass is 35.5. The summed E-state index contributed by atoms with van der Waals surface area (Å²) in [6, 6.07) is 10.9. The second-order valence-electron chi connectivity index (χ2n) is 5.01. The Morgan fingerprint density at radius 3 is 2.57 bits per heavy atom. The van der Waals surface area contributed by atoms with Crippen molar-refractivity contribution in [3.05, 3.63) is 46.3 Å². The lowest BCUT2D eigenvalue weighted by Gasteiger charge is -2.12. The minimum atomic E-state index is -0.810. The first-order valence-electron chi connectivity index (χ1n) is 7.35. The van der Waals surface area contributed by atoms with Gasteiger partial charge in [0.05, 0.1) is 0 Å². The van der Waals surface area contributed by atoms with Crippen molar-refractivity contribution in [2.45, 2.75) is 26.4 Å². The molecule has 2 aromatic rings. The number of carbonyl (C=O) groups is 2. The first-order valence-corrected chi connectivity index (χ1v) is 8.55. The molecule has 0 aliphatic carbocycles. The van der Waals surface area contributed by atoms with Crippen molar-refractivity contribution in [2.24, 2.45) is 0 Å². The van der Waals surface area contributed by atoms with Crippen molar-refractivity contribution >= 4 is 34.8 Å². The Hall–Kier alpha value is -1.85. The normalized spacial score (nSPS) is 11.8. The van der Waals surface area contributed by atoms with E-state index < -0.39 is 12.1 Å². The summed E-state index contributed by atoms with van der Waals surface area (Å²) < 4.78 is 5.20. The predicted molar refractivity (Wildman–Crippen MR) is 92.9 cm³/mol. The lowest BCUT2D eigenvalue weighted by Crippen LogP contribution is -2.36. The fraction of sp³-hybridized carbons (Fsp3) is 0.294. The third-order valence-corrected chi connectivity index (χ3v) is 4.50. The number of hydrogen-bond acceptors (Lipinski definition) is 4. The maximum Gasteiger partial charge on any atom is 0.349 e. The Balaban J connectivity index is 2.01. The number of nitrogens with one attached hydrogen (secondary N) is 1. The molecule has 1 atom stereocenters. The third-order valence-electron chi connectivity index (χ3n) is 3.14. The summed E-state index contributed by atoms with van der Waals surface area (Å²) in [6.07, 6.45) is 0.0250. The SMILES string of the molecule is CCCNC(=O)[C@H](C)OC(=O)c1ccc(-c2ccc(Cl)cc2)s1. The maximum absolute atomic E-state index is 12.1. The van der Waals surface area contributed by atoms with Crippen LogP contribution in [0.15, 0.2) is 36.4 Å². The molecular weight excluding hydrogens is 334 g/mol. The zero-order chi connectivity index (χ0) is 16.8. The highest BCUT2D eigenvalue weighted by molar-refractivity contribution is 7.17. The van der Waals surface area contributed by atoms with E-state index in [2.05, 4.69) is 5.32 Å². The minimum Gasteiger partial charge on any atom is -0.448 e. The smallest absolute Gasteiger partial charge is 0.349 e. The number of hydrogen-bond donors (Lipinski definition) is 1. The van der Waals surface area contributed by atoms with E-state index in [1.54, 1.807) is 25.1 Å². The Bertz CT molecular complexity index is 681. The van der Waals surface area contributed by atoms with Crippen molar-refractivity contribution in [1.29, 1.82) is 0 Å². The van der Waals surface area contributed by atoms with Crippen molar-refractivity contribution < 1.29 is 14.3 Å². The molecule has 1 heterocycles. The first kappa shape index (κ1) is 17.5. The summed E-state index contributed by atoms with van der Waals surface area (Å²) in [5.74, 6) is -0.774. The lowest BCUT2D eigenvalue weighted by molar-refractivity contribution is -0.129. The molecule has 0 unspecified atom stereocenters. The van der Waals surface area contributed by atoms with Gasteiger partial charge in [-0.1, -0.05) is 30.7 Å². The number of carbonyl (C=O) groups excluding carboxylic acids is 2. The van der Waals surface area contributed by atoms with Crippen LogP contribution in [0.1, 0.15) is 29.9 Å². The van der Waals surface area contributed by atoms with Gasteiger partial charge >= 0.3 is 5.97 Å². The molecule has 1 aromatic heterocycles. The van der Waals surface area contributed by atoms with Crippen LogP contribution in [-0.4, -0.2) is 24.5 Å². The van der Waals surface area contributed by atoms with Crippen LogP contribution >= 0.6 is 22.9 Å². The number of amides is 1. The van der Waals surface area contributed by atoms with Gasteiger partial charge in [0.15, 0.2) is 6.10 Å². The highest BCUT2D eigenvalue weighted by Crippen LogP contribution is 2.29. The van der Waals surface area contributed by atoms with Crippen LogP contribution in [0.3, 0.4) is 0 Å². The molecule has 0 bridgehead atoms. The first-order chi connectivity index (χ1) is 11.0. The van der Waals surface area contributed by atoms with Crippen molar-refractivity contribution in [3.8, 4) is 10.4 Å². The van der Waals surface area contributed by atoms with E-state index in [0.29, 0.717) is 16.4 Å². The Labute approximate surface area is 144 Å². The molecule has 0 spiro atoms. The molecule has 2 rings (SSSR count). The van der Waals surface area contributed by atoms with Crippen LogP contribution in [0, 0.1) is 0 Å². The van der Waals surface area contributed by atoms with Crippen LogP contribution in [-0.2, 0) is 9.53 Å². The molecule has 1 aromatic carbocycles. The second-order valence-corrected chi connectivity index (χ2v) is 6.53. The number of rotatable bonds is 6. The van der Waals surface area contributed by atoms with Gasteiger partial charge in [0, 0.05) is 16.4 Å². The summed E-state index contributed by atoms with van der Waals surface area (Å²) in [6.45, 7) is 4.10. The molecule has 0 aliphatic rings. The minimum absolute atomic E-state index is 0.283. The molecule has 6 heteroatoms. The number of halogens is 1. The fourth-order valence-corrected chi connectivity index (χ4v) is 2.90. The van der Waals surface area contributed by atoms with E-state index >= 15 is 0 Å². The molecule has 0 radical (unpaired) electrons. The van der Waals surface area contributed by atoms with Crippen molar-refractivity contribution in [2.75, 3.05) is 6.54 Å². The zero-order valence-corrected chi connectivity index (χ0v) is 14.5. The predicted octanol–water partition coefficient (Wildman–Crippen LogP) is 4.14. The molecule has 0 aliphatic heterocycles. The number of thiophene rings is 1. The quantitative estimate of drug-likeness (QED) is 0.796. The van der Waals surface area contributed by atoms with Gasteiger partial charge in [-0.3, -0.25) is 4.79 Å². The molecule has 0 saturated heterocycles. The van der Waals surface area contributed by atoms with E-state index in [4.69, 9.17) is 16.3 Å². The van der Waals surface area contributed by atoms with E-state index in [0.717, 1.165) is 16.9 Å². The molecule has 122 valence electrons. The maximum atomic E-state index is 12.1.